The molecule has 0 bridgehead atoms. The number of nitrogens with one attached hydrogen (secondary N) is 3. The number of amides is 3. The van der Waals surface area contributed by atoms with Crippen LogP contribution in [0.1, 0.15) is 32.8 Å². The maximum atomic E-state index is 11.7. The summed E-state index contributed by atoms with van der Waals surface area (Å²) in [5, 5.41) is 7.38. The summed E-state index contributed by atoms with van der Waals surface area (Å²) in [6.45, 7) is 5.00. The van der Waals surface area contributed by atoms with Crippen LogP contribution in [0.4, 0.5) is 4.79 Å². The van der Waals surface area contributed by atoms with E-state index < -0.39 is 17.6 Å². The normalized spacial score (nSPS) is 10.6. The summed E-state index contributed by atoms with van der Waals surface area (Å²) in [6, 6.07) is 9.12. The van der Waals surface area contributed by atoms with Gasteiger partial charge in [0.15, 0.2) is 0 Å². The third-order valence-electron chi connectivity index (χ3n) is 2.83. The van der Waals surface area contributed by atoms with E-state index in [1.807, 2.05) is 30.3 Å². The summed E-state index contributed by atoms with van der Waals surface area (Å²) in [6.07, 6.45) is 0.975. The van der Waals surface area contributed by atoms with E-state index in [9.17, 15) is 14.4 Å². The van der Waals surface area contributed by atoms with Gasteiger partial charge in [-0.3, -0.25) is 9.59 Å². The van der Waals surface area contributed by atoms with Gasteiger partial charge in [0.25, 0.3) is 0 Å². The van der Waals surface area contributed by atoms with Crippen LogP contribution in [0.3, 0.4) is 0 Å². The van der Waals surface area contributed by atoms with Crippen LogP contribution in [-0.4, -0.2) is 36.7 Å². The van der Waals surface area contributed by atoms with Gasteiger partial charge < -0.3 is 20.7 Å². The van der Waals surface area contributed by atoms with Crippen molar-refractivity contribution in [1.29, 1.82) is 0 Å². The Balaban J connectivity index is 2.12. The first-order valence-corrected chi connectivity index (χ1v) is 7.80. The Labute approximate surface area is 142 Å². The zero-order valence-corrected chi connectivity index (χ0v) is 14.3. The van der Waals surface area contributed by atoms with Gasteiger partial charge in [-0.1, -0.05) is 30.3 Å². The fourth-order valence-electron chi connectivity index (χ4n) is 1.81. The first kappa shape index (κ1) is 19.5. The number of aryl methyl sites for hydroxylation is 1. The van der Waals surface area contributed by atoms with E-state index >= 15 is 0 Å². The molecular weight excluding hydrogens is 310 g/mol. The van der Waals surface area contributed by atoms with Gasteiger partial charge in [0.2, 0.25) is 5.91 Å². The Morgan fingerprint density at radius 1 is 1.00 bits per heavy atom. The molecule has 1 aromatic rings. The Morgan fingerprint density at radius 2 is 1.67 bits per heavy atom. The molecule has 24 heavy (non-hydrogen) atoms. The standard InChI is InChI=1S/C17H25N3O4/c1-17(2,3)24-15(22)11-18-16(23)20-12-19-14(21)10-9-13-7-5-4-6-8-13/h4-8H,9-12H2,1-3H3,(H,19,21)(H2,18,20,23). The zero-order valence-electron chi connectivity index (χ0n) is 14.3. The molecular formula is C17H25N3O4. The number of esters is 1. The van der Waals surface area contributed by atoms with Gasteiger partial charge >= 0.3 is 12.0 Å². The van der Waals surface area contributed by atoms with Crippen molar-refractivity contribution < 1.29 is 19.1 Å². The average Bonchev–Trinajstić information content (AvgIpc) is 2.50. The third kappa shape index (κ3) is 9.45. The van der Waals surface area contributed by atoms with Crippen molar-refractivity contribution in [3.05, 3.63) is 35.9 Å². The first-order valence-electron chi connectivity index (χ1n) is 7.80. The fourth-order valence-corrected chi connectivity index (χ4v) is 1.81. The highest BCUT2D eigenvalue weighted by atomic mass is 16.6. The summed E-state index contributed by atoms with van der Waals surface area (Å²) in [7, 11) is 0. The van der Waals surface area contributed by atoms with E-state index in [4.69, 9.17) is 4.74 Å². The summed E-state index contributed by atoms with van der Waals surface area (Å²) in [4.78, 5) is 34.6. The summed E-state index contributed by atoms with van der Waals surface area (Å²) in [5.41, 5.74) is 0.484. The molecule has 7 heteroatoms. The Bertz CT molecular complexity index is 553. The van der Waals surface area contributed by atoms with Crippen molar-refractivity contribution in [2.45, 2.75) is 39.2 Å². The lowest BCUT2D eigenvalue weighted by Gasteiger charge is -2.19. The molecule has 0 aliphatic carbocycles. The van der Waals surface area contributed by atoms with Crippen LogP contribution in [0.2, 0.25) is 0 Å². The Morgan fingerprint density at radius 3 is 2.29 bits per heavy atom. The lowest BCUT2D eigenvalue weighted by Crippen LogP contribution is -2.44. The number of ether oxygens (including phenoxy) is 1. The van der Waals surface area contributed by atoms with E-state index in [0.717, 1.165) is 5.56 Å². The lowest BCUT2D eigenvalue weighted by atomic mass is 10.1. The minimum absolute atomic E-state index is 0.00618. The molecule has 0 radical (unpaired) electrons. The quantitative estimate of drug-likeness (QED) is 0.517. The first-order chi connectivity index (χ1) is 11.3. The van der Waals surface area contributed by atoms with Crippen LogP contribution in [0.5, 0.6) is 0 Å². The molecule has 0 atom stereocenters. The summed E-state index contributed by atoms with van der Waals surface area (Å²) >= 11 is 0. The predicted octanol–water partition coefficient (Wildman–Crippen LogP) is 1.33. The maximum absolute atomic E-state index is 11.7. The molecule has 1 rings (SSSR count). The molecule has 0 aromatic heterocycles. The highest BCUT2D eigenvalue weighted by molar-refractivity contribution is 5.81. The van der Waals surface area contributed by atoms with E-state index in [0.29, 0.717) is 12.8 Å². The Kier molecular flexibility index (Phi) is 7.74. The van der Waals surface area contributed by atoms with Crippen LogP contribution in [0.25, 0.3) is 0 Å². The van der Waals surface area contributed by atoms with Crippen LogP contribution in [0, 0.1) is 0 Å². The van der Waals surface area contributed by atoms with Crippen LogP contribution < -0.4 is 16.0 Å². The summed E-state index contributed by atoms with van der Waals surface area (Å²) < 4.78 is 5.05. The molecule has 0 fully saturated rings. The Hall–Kier alpha value is -2.57. The largest absolute Gasteiger partial charge is 0.459 e. The molecule has 0 heterocycles. The average molecular weight is 335 g/mol. The van der Waals surface area contributed by atoms with Crippen LogP contribution >= 0.6 is 0 Å². The molecule has 132 valence electrons. The van der Waals surface area contributed by atoms with E-state index in [-0.39, 0.29) is 19.1 Å². The van der Waals surface area contributed by atoms with Gasteiger partial charge in [-0.2, -0.15) is 0 Å². The molecule has 0 aliphatic rings. The van der Waals surface area contributed by atoms with Gasteiger partial charge in [-0.05, 0) is 32.8 Å². The predicted molar refractivity (Wildman–Crippen MR) is 90.2 cm³/mol. The number of carbonyl (C=O) groups excluding carboxylic acids is 3. The van der Waals surface area contributed by atoms with Crippen molar-refractivity contribution in [2.24, 2.45) is 0 Å². The van der Waals surface area contributed by atoms with Crippen LogP contribution in [-0.2, 0) is 20.7 Å². The topological polar surface area (TPSA) is 96.5 Å². The molecule has 0 spiro atoms. The van der Waals surface area contributed by atoms with Crippen molar-refractivity contribution in [2.75, 3.05) is 13.2 Å². The molecule has 1 aromatic carbocycles. The van der Waals surface area contributed by atoms with E-state index in [1.165, 1.54) is 0 Å². The van der Waals surface area contributed by atoms with Crippen molar-refractivity contribution in [3.63, 3.8) is 0 Å². The number of hydrogen-bond acceptors (Lipinski definition) is 4. The molecule has 7 nitrogen and oxygen atoms in total. The SMILES string of the molecule is CC(C)(C)OC(=O)CNC(=O)NCNC(=O)CCc1ccccc1. The van der Waals surface area contributed by atoms with Gasteiger partial charge in [-0.15, -0.1) is 0 Å². The van der Waals surface area contributed by atoms with Gasteiger partial charge in [0.05, 0.1) is 6.67 Å². The number of rotatable bonds is 7. The third-order valence-corrected chi connectivity index (χ3v) is 2.83. The van der Waals surface area contributed by atoms with Crippen molar-refractivity contribution in [1.82, 2.24) is 16.0 Å². The molecule has 3 amide bonds. The lowest BCUT2D eigenvalue weighted by molar-refractivity contribution is -0.153. The zero-order chi connectivity index (χ0) is 18.0. The minimum Gasteiger partial charge on any atom is -0.459 e. The number of urea groups is 1. The van der Waals surface area contributed by atoms with Crippen molar-refractivity contribution >= 4 is 17.9 Å². The molecule has 0 saturated carbocycles. The highest BCUT2D eigenvalue weighted by Gasteiger charge is 2.16. The monoisotopic (exact) mass is 335 g/mol. The van der Waals surface area contributed by atoms with Crippen LogP contribution in [0.15, 0.2) is 30.3 Å². The van der Waals surface area contributed by atoms with E-state index in [2.05, 4.69) is 16.0 Å². The molecule has 3 N–H and O–H groups in total. The second kappa shape index (κ2) is 9.54. The second-order valence-electron chi connectivity index (χ2n) is 6.21. The smallest absolute Gasteiger partial charge is 0.325 e. The molecule has 0 unspecified atom stereocenters. The van der Waals surface area contributed by atoms with Gasteiger partial charge in [0, 0.05) is 6.42 Å². The van der Waals surface area contributed by atoms with E-state index in [1.54, 1.807) is 20.8 Å². The number of benzene rings is 1. The highest BCUT2D eigenvalue weighted by Crippen LogP contribution is 2.06. The second-order valence-corrected chi connectivity index (χ2v) is 6.21. The van der Waals surface area contributed by atoms with Gasteiger partial charge in [0.1, 0.15) is 12.1 Å². The number of carbonyl (C=O) groups is 3. The molecule has 0 aliphatic heterocycles. The summed E-state index contributed by atoms with van der Waals surface area (Å²) in [5.74, 6) is -0.684. The molecule has 0 saturated heterocycles. The number of hydrogen-bond donors (Lipinski definition) is 3. The minimum atomic E-state index is -0.595. The maximum Gasteiger partial charge on any atom is 0.325 e. The fraction of sp³-hybridized carbons (Fsp3) is 0.471. The van der Waals surface area contributed by atoms with Crippen molar-refractivity contribution in [3.8, 4) is 0 Å². The van der Waals surface area contributed by atoms with Gasteiger partial charge in [-0.25, -0.2) is 4.79 Å².